The van der Waals surface area contributed by atoms with Crippen LogP contribution in [0.3, 0.4) is 0 Å². The second kappa shape index (κ2) is 11.0. The van der Waals surface area contributed by atoms with E-state index in [1.165, 1.54) is 17.7 Å². The molecule has 5 rings (SSSR count). The Kier molecular flexibility index (Phi) is 7.72. The smallest absolute Gasteiger partial charge is 0.326 e. The Bertz CT molecular complexity index is 1270. The molecule has 1 atom stereocenters. The first-order chi connectivity index (χ1) is 18.3. The zero-order valence-corrected chi connectivity index (χ0v) is 22.2. The van der Waals surface area contributed by atoms with Gasteiger partial charge in [0.25, 0.3) is 0 Å². The summed E-state index contributed by atoms with van der Waals surface area (Å²) in [6.07, 6.45) is 6.56. The van der Waals surface area contributed by atoms with Crippen LogP contribution in [0.25, 0.3) is 0 Å². The Morgan fingerprint density at radius 3 is 2.63 bits per heavy atom. The number of aromatic nitrogens is 1. The fraction of sp³-hybridized carbons (Fsp3) is 0.536. The van der Waals surface area contributed by atoms with Crippen molar-refractivity contribution in [3.63, 3.8) is 0 Å². The maximum absolute atomic E-state index is 13.1. The van der Waals surface area contributed by atoms with Gasteiger partial charge in [-0.2, -0.15) is 0 Å². The number of carboxylic acids is 1. The van der Waals surface area contributed by atoms with Gasteiger partial charge in [0.15, 0.2) is 14.6 Å². The van der Waals surface area contributed by atoms with Crippen LogP contribution in [-0.4, -0.2) is 60.4 Å². The quantitative estimate of drug-likeness (QED) is 0.373. The first-order valence-electron chi connectivity index (χ1n) is 13.5. The molecule has 2 fully saturated rings. The summed E-state index contributed by atoms with van der Waals surface area (Å²) in [4.78, 5) is 29.6. The summed E-state index contributed by atoms with van der Waals surface area (Å²) in [6, 6.07) is 10.9. The van der Waals surface area contributed by atoms with Crippen LogP contribution in [-0.2, 0) is 37.0 Å². The van der Waals surface area contributed by atoms with E-state index >= 15 is 0 Å². The molecule has 0 unspecified atom stereocenters. The molecule has 0 radical (unpaired) electrons. The molecule has 1 aromatic carbocycles. The van der Waals surface area contributed by atoms with Gasteiger partial charge < -0.3 is 20.5 Å². The normalized spacial score (nSPS) is 22.3. The van der Waals surface area contributed by atoms with Gasteiger partial charge in [-0.15, -0.1) is 0 Å². The molecule has 3 N–H and O–H groups in total. The van der Waals surface area contributed by atoms with E-state index in [-0.39, 0.29) is 36.9 Å². The summed E-state index contributed by atoms with van der Waals surface area (Å²) in [5.41, 5.74) is 2.39. The lowest BCUT2D eigenvalue weighted by atomic mass is 9.79. The monoisotopic (exact) mass is 541 g/mol. The van der Waals surface area contributed by atoms with Gasteiger partial charge in [0, 0.05) is 25.3 Å². The first-order valence-corrected chi connectivity index (χ1v) is 14.9. The molecule has 1 aliphatic heterocycles. The van der Waals surface area contributed by atoms with E-state index in [9.17, 15) is 23.1 Å². The highest BCUT2D eigenvalue weighted by Gasteiger charge is 2.61. The lowest BCUT2D eigenvalue weighted by Crippen LogP contribution is -2.49. The number of carboxylic acid groups (broad SMARTS) is 1. The van der Waals surface area contributed by atoms with Crippen molar-refractivity contribution in [2.24, 2.45) is 5.92 Å². The maximum Gasteiger partial charge on any atom is 0.326 e. The zero-order chi connectivity index (χ0) is 26.8. The van der Waals surface area contributed by atoms with Gasteiger partial charge in [-0.3, -0.25) is 4.79 Å². The van der Waals surface area contributed by atoms with Gasteiger partial charge >= 0.3 is 5.97 Å². The molecule has 0 bridgehead atoms. The number of aryl methyl sites for hydroxylation is 2. The van der Waals surface area contributed by atoms with Crippen molar-refractivity contribution in [1.82, 2.24) is 10.3 Å². The van der Waals surface area contributed by atoms with Crippen molar-refractivity contribution in [1.29, 1.82) is 0 Å². The molecule has 9 nitrogen and oxygen atoms in total. The number of carbonyl (C=O) groups excluding carboxylic acids is 1. The molecular weight excluding hydrogens is 506 g/mol. The second-order valence-corrected chi connectivity index (χ2v) is 12.9. The topological polar surface area (TPSA) is 135 Å². The minimum atomic E-state index is -3.91. The van der Waals surface area contributed by atoms with Crippen molar-refractivity contribution in [3.8, 4) is 0 Å². The van der Waals surface area contributed by atoms with Crippen LogP contribution < -0.4 is 10.6 Å². The standard InChI is InChI=1S/C28H35N3O6S/c32-26(33)24(31-27(34)28(13-14-28)38(35,36)23-6-2-1-3-7-23)12-16-37-22-17-19(18-22)8-10-21-11-9-20-5-4-15-29-25(20)30-21/h1-3,6-7,9,11,19,22,24H,4-5,8,10,12-18H2,(H,29,30)(H,31,34)(H,32,33)/t19?,22?,24-/m0/s1. The SMILES string of the molecule is O=C(O)[C@H](CCOC1CC(CCc2ccc3c(n2)NCCC3)C1)NC(=O)C1(S(=O)(=O)c2ccccc2)CC1. The van der Waals surface area contributed by atoms with E-state index in [4.69, 9.17) is 9.72 Å². The Hall–Kier alpha value is -2.98. The first kappa shape index (κ1) is 26.6. The number of hydrogen-bond donors (Lipinski definition) is 3. The predicted molar refractivity (Wildman–Crippen MR) is 142 cm³/mol. The summed E-state index contributed by atoms with van der Waals surface area (Å²) >= 11 is 0. The number of sulfone groups is 1. The molecule has 2 aliphatic carbocycles. The number of nitrogens with zero attached hydrogens (tertiary/aromatic N) is 1. The number of ether oxygens (including phenoxy) is 1. The summed E-state index contributed by atoms with van der Waals surface area (Å²) in [7, 11) is -3.91. The minimum Gasteiger partial charge on any atom is -0.480 e. The number of amides is 1. The average molecular weight is 542 g/mol. The van der Waals surface area contributed by atoms with E-state index in [1.807, 2.05) is 0 Å². The Morgan fingerprint density at radius 2 is 1.92 bits per heavy atom. The van der Waals surface area contributed by atoms with E-state index in [1.54, 1.807) is 18.2 Å². The van der Waals surface area contributed by atoms with Crippen molar-refractivity contribution in [2.75, 3.05) is 18.5 Å². The Labute approximate surface area is 223 Å². The molecule has 2 heterocycles. The second-order valence-electron chi connectivity index (χ2n) is 10.7. The molecular formula is C28H35N3O6S. The number of pyridine rings is 1. The van der Waals surface area contributed by atoms with Gasteiger partial charge in [0.2, 0.25) is 5.91 Å². The average Bonchev–Trinajstić information content (AvgIpc) is 3.72. The molecule has 38 heavy (non-hydrogen) atoms. The molecule has 1 amide bonds. The lowest BCUT2D eigenvalue weighted by molar-refractivity contribution is -0.142. The number of nitrogens with one attached hydrogen (secondary N) is 2. The fourth-order valence-corrected chi connectivity index (χ4v) is 7.27. The van der Waals surface area contributed by atoms with E-state index in [0.29, 0.717) is 5.92 Å². The van der Waals surface area contributed by atoms with Gasteiger partial charge in [-0.25, -0.2) is 18.2 Å². The number of benzene rings is 1. The van der Waals surface area contributed by atoms with E-state index < -0.39 is 32.5 Å². The molecule has 3 aliphatic rings. The van der Waals surface area contributed by atoms with Gasteiger partial charge in [-0.1, -0.05) is 24.3 Å². The highest BCUT2D eigenvalue weighted by molar-refractivity contribution is 7.94. The van der Waals surface area contributed by atoms with Crippen molar-refractivity contribution in [2.45, 2.75) is 79.6 Å². The maximum atomic E-state index is 13.1. The zero-order valence-electron chi connectivity index (χ0n) is 21.4. The van der Waals surface area contributed by atoms with Crippen LogP contribution in [0.1, 0.15) is 56.2 Å². The Balaban J connectivity index is 1.05. The van der Waals surface area contributed by atoms with Crippen molar-refractivity contribution in [3.05, 3.63) is 53.7 Å². The predicted octanol–water partition coefficient (Wildman–Crippen LogP) is 3.13. The minimum absolute atomic E-state index is 0.0708. The molecule has 10 heteroatoms. The van der Waals surface area contributed by atoms with Crippen molar-refractivity contribution >= 4 is 27.5 Å². The van der Waals surface area contributed by atoms with E-state index in [2.05, 4.69) is 22.8 Å². The van der Waals surface area contributed by atoms with Gasteiger partial charge in [-0.05, 0) is 81.0 Å². The largest absolute Gasteiger partial charge is 0.480 e. The van der Waals surface area contributed by atoms with Crippen molar-refractivity contribution < 1.29 is 27.9 Å². The number of anilines is 1. The third-order valence-electron chi connectivity index (χ3n) is 8.00. The van der Waals surface area contributed by atoms with Gasteiger partial charge in [0.1, 0.15) is 11.9 Å². The van der Waals surface area contributed by atoms with Crippen LogP contribution in [0.15, 0.2) is 47.4 Å². The molecule has 204 valence electrons. The summed E-state index contributed by atoms with van der Waals surface area (Å²) in [6.45, 7) is 1.16. The highest BCUT2D eigenvalue weighted by Crippen LogP contribution is 2.47. The number of hydrogen-bond acceptors (Lipinski definition) is 7. The third kappa shape index (κ3) is 5.56. The lowest BCUT2D eigenvalue weighted by Gasteiger charge is -2.35. The van der Waals surface area contributed by atoms with Crippen LogP contribution in [0.5, 0.6) is 0 Å². The van der Waals surface area contributed by atoms with E-state index in [0.717, 1.165) is 56.6 Å². The van der Waals surface area contributed by atoms with Crippen LogP contribution in [0.4, 0.5) is 5.82 Å². The number of fused-ring (bicyclic) bond motifs is 1. The number of carbonyl (C=O) groups is 2. The third-order valence-corrected chi connectivity index (χ3v) is 10.5. The number of aliphatic carboxylic acids is 1. The highest BCUT2D eigenvalue weighted by atomic mass is 32.2. The van der Waals surface area contributed by atoms with Crippen LogP contribution in [0, 0.1) is 5.92 Å². The fourth-order valence-electron chi connectivity index (χ4n) is 5.36. The molecule has 0 saturated heterocycles. The molecule has 0 spiro atoms. The summed E-state index contributed by atoms with van der Waals surface area (Å²) in [5.74, 6) is -0.371. The van der Waals surface area contributed by atoms with Crippen LogP contribution in [0.2, 0.25) is 0 Å². The summed E-state index contributed by atoms with van der Waals surface area (Å²) in [5, 5.41) is 15.5. The van der Waals surface area contributed by atoms with Gasteiger partial charge in [0.05, 0.1) is 11.0 Å². The molecule has 2 aromatic rings. The molecule has 1 aromatic heterocycles. The Morgan fingerprint density at radius 1 is 1.16 bits per heavy atom. The molecule has 2 saturated carbocycles. The van der Waals surface area contributed by atoms with Crippen LogP contribution >= 0.6 is 0 Å². The summed E-state index contributed by atoms with van der Waals surface area (Å²) < 4.78 is 30.4. The number of rotatable bonds is 12.